The zero-order chi connectivity index (χ0) is 21.1. The molecular weight excluding hydrogens is 390 g/mol. The standard InChI is InChI=1S/C21H23N3O4S/c1-13(2)14-5-7-17-15(10-14)4-3-9-23(17)20(25)12-29-19-8-6-16(21(22)26)11-18(19)24(27)28/h5-8,10-11,13H,3-4,9,12H2,1-2H3,(H2,22,26). The molecule has 0 aliphatic carbocycles. The molecule has 0 fully saturated rings. The average Bonchev–Trinajstić information content (AvgIpc) is 2.70. The smallest absolute Gasteiger partial charge is 0.283 e. The van der Waals surface area contributed by atoms with Gasteiger partial charge in [0.2, 0.25) is 11.8 Å². The van der Waals surface area contributed by atoms with Crippen LogP contribution in [0, 0.1) is 10.1 Å². The van der Waals surface area contributed by atoms with Gasteiger partial charge in [-0.2, -0.15) is 0 Å². The Bertz CT molecular complexity index is 974. The third-order valence-corrected chi connectivity index (χ3v) is 6.03. The molecule has 1 aliphatic rings. The number of nitro benzene ring substituents is 1. The molecule has 2 aromatic carbocycles. The molecule has 3 rings (SSSR count). The lowest BCUT2D eigenvalue weighted by atomic mass is 9.95. The van der Waals surface area contributed by atoms with E-state index in [9.17, 15) is 19.7 Å². The topological polar surface area (TPSA) is 107 Å². The van der Waals surface area contributed by atoms with Crippen LogP contribution in [0.25, 0.3) is 0 Å². The minimum Gasteiger partial charge on any atom is -0.366 e. The summed E-state index contributed by atoms with van der Waals surface area (Å²) in [5.41, 5.74) is 8.38. The van der Waals surface area contributed by atoms with E-state index in [1.165, 1.54) is 17.7 Å². The average molecular weight is 413 g/mol. The van der Waals surface area contributed by atoms with Crippen LogP contribution in [-0.4, -0.2) is 29.0 Å². The number of carbonyl (C=O) groups is 2. The first-order valence-electron chi connectivity index (χ1n) is 9.42. The fourth-order valence-electron chi connectivity index (χ4n) is 3.39. The summed E-state index contributed by atoms with van der Waals surface area (Å²) in [6, 6.07) is 10.3. The summed E-state index contributed by atoms with van der Waals surface area (Å²) in [6.07, 6.45) is 1.82. The summed E-state index contributed by atoms with van der Waals surface area (Å²) in [4.78, 5) is 37.0. The fourth-order valence-corrected chi connectivity index (χ4v) is 4.27. The highest BCUT2D eigenvalue weighted by Gasteiger charge is 2.24. The van der Waals surface area contributed by atoms with Gasteiger partial charge in [0, 0.05) is 23.9 Å². The van der Waals surface area contributed by atoms with Crippen molar-refractivity contribution in [3.05, 3.63) is 63.2 Å². The van der Waals surface area contributed by atoms with Crippen LogP contribution < -0.4 is 10.6 Å². The number of thioether (sulfide) groups is 1. The van der Waals surface area contributed by atoms with Crippen molar-refractivity contribution >= 4 is 35.0 Å². The van der Waals surface area contributed by atoms with Crippen LogP contribution in [0.5, 0.6) is 0 Å². The lowest BCUT2D eigenvalue weighted by Crippen LogP contribution is -2.36. The molecule has 8 heteroatoms. The molecule has 2 aromatic rings. The highest BCUT2D eigenvalue weighted by atomic mass is 32.2. The number of nitrogens with two attached hydrogens (primary N) is 1. The first-order valence-corrected chi connectivity index (χ1v) is 10.4. The van der Waals surface area contributed by atoms with Crippen molar-refractivity contribution in [3.8, 4) is 0 Å². The molecule has 0 saturated heterocycles. The molecule has 7 nitrogen and oxygen atoms in total. The Hall–Kier alpha value is -2.87. The number of fused-ring (bicyclic) bond motifs is 1. The summed E-state index contributed by atoms with van der Waals surface area (Å²) >= 11 is 1.10. The van der Waals surface area contributed by atoms with E-state index in [-0.39, 0.29) is 22.9 Å². The number of nitrogens with zero attached hydrogens (tertiary/aromatic N) is 2. The highest BCUT2D eigenvalue weighted by Crippen LogP contribution is 2.33. The van der Waals surface area contributed by atoms with E-state index in [4.69, 9.17) is 5.73 Å². The van der Waals surface area contributed by atoms with Gasteiger partial charge >= 0.3 is 0 Å². The molecule has 2 amide bonds. The highest BCUT2D eigenvalue weighted by molar-refractivity contribution is 8.00. The van der Waals surface area contributed by atoms with Crippen LogP contribution in [0.2, 0.25) is 0 Å². The third-order valence-electron chi connectivity index (χ3n) is 4.98. The number of aryl methyl sites for hydroxylation is 1. The first kappa shape index (κ1) is 20.9. The second-order valence-corrected chi connectivity index (χ2v) is 8.30. The molecule has 0 unspecified atom stereocenters. The van der Waals surface area contributed by atoms with E-state index >= 15 is 0 Å². The molecule has 0 spiro atoms. The van der Waals surface area contributed by atoms with Gasteiger partial charge in [-0.15, -0.1) is 11.8 Å². The number of carbonyl (C=O) groups excluding carboxylic acids is 2. The first-order chi connectivity index (χ1) is 13.8. The zero-order valence-electron chi connectivity index (χ0n) is 16.4. The van der Waals surface area contributed by atoms with E-state index in [0.717, 1.165) is 41.9 Å². The lowest BCUT2D eigenvalue weighted by molar-refractivity contribution is -0.387. The summed E-state index contributed by atoms with van der Waals surface area (Å²) in [5, 5.41) is 11.3. The molecule has 0 saturated carbocycles. The van der Waals surface area contributed by atoms with Crippen molar-refractivity contribution in [2.45, 2.75) is 37.5 Å². The van der Waals surface area contributed by atoms with E-state index in [1.54, 1.807) is 4.90 Å². The van der Waals surface area contributed by atoms with E-state index in [0.29, 0.717) is 17.4 Å². The van der Waals surface area contributed by atoms with Gasteiger partial charge in [-0.3, -0.25) is 19.7 Å². The largest absolute Gasteiger partial charge is 0.366 e. The number of hydrogen-bond acceptors (Lipinski definition) is 5. The molecule has 1 heterocycles. The van der Waals surface area contributed by atoms with Crippen molar-refractivity contribution in [2.75, 3.05) is 17.2 Å². The number of amides is 2. The SMILES string of the molecule is CC(C)c1ccc2c(c1)CCCN2C(=O)CSc1ccc(C(N)=O)cc1[N+](=O)[O-]. The molecule has 0 atom stereocenters. The van der Waals surface area contributed by atoms with Gasteiger partial charge in [0.1, 0.15) is 0 Å². The monoisotopic (exact) mass is 413 g/mol. The molecule has 1 aliphatic heterocycles. The van der Waals surface area contributed by atoms with Gasteiger partial charge in [-0.05, 0) is 48.1 Å². The van der Waals surface area contributed by atoms with Crippen LogP contribution in [0.1, 0.15) is 47.7 Å². The normalized spacial score (nSPS) is 13.3. The van der Waals surface area contributed by atoms with Gasteiger partial charge in [0.05, 0.1) is 15.6 Å². The minimum absolute atomic E-state index is 0.0679. The summed E-state index contributed by atoms with van der Waals surface area (Å²) in [6.45, 7) is 4.91. The van der Waals surface area contributed by atoms with E-state index in [2.05, 4.69) is 26.0 Å². The summed E-state index contributed by atoms with van der Waals surface area (Å²) in [7, 11) is 0. The second-order valence-electron chi connectivity index (χ2n) is 7.28. The van der Waals surface area contributed by atoms with Crippen LogP contribution >= 0.6 is 11.8 Å². The number of benzene rings is 2. The quantitative estimate of drug-likeness (QED) is 0.439. The molecule has 0 aromatic heterocycles. The van der Waals surface area contributed by atoms with Crippen molar-refractivity contribution in [1.82, 2.24) is 0 Å². The van der Waals surface area contributed by atoms with Gasteiger partial charge < -0.3 is 10.6 Å². The van der Waals surface area contributed by atoms with Crippen LogP contribution in [0.15, 0.2) is 41.3 Å². The molecule has 152 valence electrons. The van der Waals surface area contributed by atoms with Gasteiger partial charge in [0.15, 0.2) is 0 Å². The Morgan fingerprint density at radius 2 is 2.00 bits per heavy atom. The summed E-state index contributed by atoms with van der Waals surface area (Å²) in [5.74, 6) is -0.332. The van der Waals surface area contributed by atoms with Gasteiger partial charge in [-0.25, -0.2) is 0 Å². The Morgan fingerprint density at radius 3 is 2.66 bits per heavy atom. The number of rotatable bonds is 6. The van der Waals surface area contributed by atoms with Crippen molar-refractivity contribution in [2.24, 2.45) is 5.73 Å². The zero-order valence-corrected chi connectivity index (χ0v) is 17.2. The lowest BCUT2D eigenvalue weighted by Gasteiger charge is -2.30. The maximum Gasteiger partial charge on any atom is 0.283 e. The number of primary amides is 1. The molecule has 2 N–H and O–H groups in total. The molecule has 0 bridgehead atoms. The minimum atomic E-state index is -0.730. The molecule has 0 radical (unpaired) electrons. The predicted octanol–water partition coefficient (Wildman–Crippen LogP) is 3.89. The van der Waals surface area contributed by atoms with Gasteiger partial charge in [-0.1, -0.05) is 26.0 Å². The van der Waals surface area contributed by atoms with Crippen molar-refractivity contribution < 1.29 is 14.5 Å². The molecule has 29 heavy (non-hydrogen) atoms. The number of anilines is 1. The van der Waals surface area contributed by atoms with Crippen LogP contribution in [0.4, 0.5) is 11.4 Å². The molecular formula is C21H23N3O4S. The third kappa shape index (κ3) is 4.59. The maximum atomic E-state index is 12.9. The van der Waals surface area contributed by atoms with Crippen LogP contribution in [-0.2, 0) is 11.2 Å². The predicted molar refractivity (Wildman–Crippen MR) is 114 cm³/mol. The second kappa shape index (κ2) is 8.65. The Balaban J connectivity index is 1.77. The Labute approximate surface area is 173 Å². The fraction of sp³-hybridized carbons (Fsp3) is 0.333. The van der Waals surface area contributed by atoms with E-state index < -0.39 is 10.8 Å². The Morgan fingerprint density at radius 1 is 1.24 bits per heavy atom. The maximum absolute atomic E-state index is 12.9. The Kier molecular flexibility index (Phi) is 6.22. The van der Waals surface area contributed by atoms with Crippen LogP contribution in [0.3, 0.4) is 0 Å². The number of hydrogen-bond donors (Lipinski definition) is 1. The summed E-state index contributed by atoms with van der Waals surface area (Å²) < 4.78 is 0. The van der Waals surface area contributed by atoms with Crippen molar-refractivity contribution in [1.29, 1.82) is 0 Å². The van der Waals surface area contributed by atoms with Crippen molar-refractivity contribution in [3.63, 3.8) is 0 Å². The number of nitro groups is 1. The van der Waals surface area contributed by atoms with E-state index in [1.807, 2.05) is 6.07 Å². The van der Waals surface area contributed by atoms with Gasteiger partial charge in [0.25, 0.3) is 5.69 Å².